The Morgan fingerprint density at radius 2 is 1.73 bits per heavy atom. The third-order valence-corrected chi connectivity index (χ3v) is 2.43. The molecule has 0 saturated heterocycles. The Bertz CT molecular complexity index is 349. The molecule has 1 atom stereocenters. The van der Waals surface area contributed by atoms with Gasteiger partial charge in [0.15, 0.2) is 5.78 Å². The zero-order valence-electron chi connectivity index (χ0n) is 9.12. The van der Waals surface area contributed by atoms with Gasteiger partial charge in [-0.2, -0.15) is 0 Å². The maximum absolute atomic E-state index is 11.8. The summed E-state index contributed by atoms with van der Waals surface area (Å²) in [7, 11) is 0. The van der Waals surface area contributed by atoms with E-state index in [1.54, 1.807) is 45.0 Å². The fraction of sp³-hybridized carbons (Fsp3) is 0.417. The van der Waals surface area contributed by atoms with Crippen molar-refractivity contribution in [3.63, 3.8) is 0 Å². The molecule has 15 heavy (non-hydrogen) atoms. The second-order valence-electron chi connectivity index (χ2n) is 4.57. The van der Waals surface area contributed by atoms with E-state index in [9.17, 15) is 9.90 Å². The maximum Gasteiger partial charge on any atom is 0.171 e. The Labute approximate surface area is 94.9 Å². The van der Waals surface area contributed by atoms with E-state index in [1.807, 2.05) is 0 Å². The maximum atomic E-state index is 11.8. The van der Waals surface area contributed by atoms with Gasteiger partial charge in [0.1, 0.15) is 6.10 Å². The number of aliphatic hydroxyl groups excluding tert-OH is 1. The third-order valence-electron chi connectivity index (χ3n) is 2.17. The molecule has 0 amide bonds. The van der Waals surface area contributed by atoms with Gasteiger partial charge in [0, 0.05) is 10.4 Å². The first-order valence-electron chi connectivity index (χ1n) is 4.80. The highest BCUT2D eigenvalue weighted by molar-refractivity contribution is 6.30. The summed E-state index contributed by atoms with van der Waals surface area (Å²) >= 11 is 5.72. The van der Waals surface area contributed by atoms with E-state index in [4.69, 9.17) is 11.6 Å². The van der Waals surface area contributed by atoms with Crippen molar-refractivity contribution in [3.05, 3.63) is 34.9 Å². The summed E-state index contributed by atoms with van der Waals surface area (Å²) in [6, 6.07) is 6.65. The topological polar surface area (TPSA) is 37.3 Å². The molecule has 0 heterocycles. The molecule has 0 bridgehead atoms. The van der Waals surface area contributed by atoms with Crippen LogP contribution in [0.25, 0.3) is 0 Å². The predicted octanol–water partition coefficient (Wildman–Crippen LogP) is 2.99. The zero-order chi connectivity index (χ0) is 11.6. The number of carbonyl (C=O) groups is 1. The Morgan fingerprint density at radius 1 is 1.27 bits per heavy atom. The third kappa shape index (κ3) is 3.05. The Kier molecular flexibility index (Phi) is 3.53. The molecule has 1 N–H and O–H groups in total. The summed E-state index contributed by atoms with van der Waals surface area (Å²) in [4.78, 5) is 11.8. The van der Waals surface area contributed by atoms with E-state index in [0.717, 1.165) is 0 Å². The van der Waals surface area contributed by atoms with Gasteiger partial charge in [0.2, 0.25) is 0 Å². The van der Waals surface area contributed by atoms with Crippen molar-refractivity contribution in [1.82, 2.24) is 0 Å². The Balaban J connectivity index is 2.90. The first kappa shape index (κ1) is 12.2. The normalized spacial score (nSPS) is 13.7. The van der Waals surface area contributed by atoms with Crippen molar-refractivity contribution >= 4 is 17.4 Å². The molecule has 3 heteroatoms. The van der Waals surface area contributed by atoms with Gasteiger partial charge in [-0.25, -0.2) is 0 Å². The van der Waals surface area contributed by atoms with Crippen LogP contribution >= 0.6 is 11.6 Å². The van der Waals surface area contributed by atoms with Crippen LogP contribution in [0, 0.1) is 5.41 Å². The highest BCUT2D eigenvalue weighted by atomic mass is 35.5. The highest BCUT2D eigenvalue weighted by Crippen LogP contribution is 2.26. The van der Waals surface area contributed by atoms with Gasteiger partial charge in [-0.1, -0.05) is 44.5 Å². The van der Waals surface area contributed by atoms with Crippen LogP contribution in [0.3, 0.4) is 0 Å². The van der Waals surface area contributed by atoms with Gasteiger partial charge >= 0.3 is 0 Å². The minimum atomic E-state index is -1.07. The molecule has 82 valence electrons. The molecule has 0 fully saturated rings. The minimum absolute atomic E-state index is 0.190. The Morgan fingerprint density at radius 3 is 2.13 bits per heavy atom. The monoisotopic (exact) mass is 226 g/mol. The second-order valence-corrected chi connectivity index (χ2v) is 5.00. The van der Waals surface area contributed by atoms with Crippen LogP contribution in [-0.4, -0.2) is 10.9 Å². The molecule has 0 spiro atoms. The number of Topliss-reactive ketones (excluding diaryl/α,β-unsaturated/α-hetero) is 1. The molecular formula is C12H15ClO2. The van der Waals surface area contributed by atoms with Crippen LogP contribution < -0.4 is 0 Å². The standard InChI is InChI=1S/C12H15ClO2/c1-12(2,3)11(15)10(14)8-4-6-9(13)7-5-8/h4-7,10,14H,1-3H3. The molecule has 0 aromatic heterocycles. The summed E-state index contributed by atoms with van der Waals surface area (Å²) in [5, 5.41) is 10.4. The highest BCUT2D eigenvalue weighted by Gasteiger charge is 2.28. The van der Waals surface area contributed by atoms with E-state index in [-0.39, 0.29) is 5.78 Å². The number of rotatable bonds is 2. The van der Waals surface area contributed by atoms with Gasteiger partial charge in [0.05, 0.1) is 0 Å². The van der Waals surface area contributed by atoms with Crippen molar-refractivity contribution in [3.8, 4) is 0 Å². The minimum Gasteiger partial charge on any atom is -0.381 e. The number of hydrogen-bond acceptors (Lipinski definition) is 2. The van der Waals surface area contributed by atoms with Crippen LogP contribution in [0.1, 0.15) is 32.4 Å². The van der Waals surface area contributed by atoms with E-state index >= 15 is 0 Å². The number of benzene rings is 1. The summed E-state index contributed by atoms with van der Waals surface area (Å²) in [6.07, 6.45) is -1.07. The van der Waals surface area contributed by atoms with Gasteiger partial charge in [-0.3, -0.25) is 4.79 Å². The van der Waals surface area contributed by atoms with E-state index in [2.05, 4.69) is 0 Å². The number of ketones is 1. The van der Waals surface area contributed by atoms with Crippen molar-refractivity contribution in [1.29, 1.82) is 0 Å². The smallest absolute Gasteiger partial charge is 0.171 e. The molecule has 1 rings (SSSR count). The molecule has 1 aromatic carbocycles. The lowest BCUT2D eigenvalue weighted by molar-refractivity contribution is -0.135. The summed E-state index contributed by atoms with van der Waals surface area (Å²) in [6.45, 7) is 5.36. The number of aliphatic hydroxyl groups is 1. The van der Waals surface area contributed by atoms with Gasteiger partial charge in [0.25, 0.3) is 0 Å². The molecule has 0 aliphatic heterocycles. The van der Waals surface area contributed by atoms with Crippen molar-refractivity contribution < 1.29 is 9.90 Å². The molecule has 1 unspecified atom stereocenters. The largest absolute Gasteiger partial charge is 0.381 e. The SMILES string of the molecule is CC(C)(C)C(=O)C(O)c1ccc(Cl)cc1. The van der Waals surface area contributed by atoms with Crippen LogP contribution in [0.5, 0.6) is 0 Å². The van der Waals surface area contributed by atoms with Crippen molar-refractivity contribution in [2.45, 2.75) is 26.9 Å². The van der Waals surface area contributed by atoms with Crippen LogP contribution in [0.2, 0.25) is 5.02 Å². The van der Waals surface area contributed by atoms with Crippen molar-refractivity contribution in [2.75, 3.05) is 0 Å². The lowest BCUT2D eigenvalue weighted by Crippen LogP contribution is -2.26. The fourth-order valence-corrected chi connectivity index (χ4v) is 1.33. The Hall–Kier alpha value is -0.860. The summed E-state index contributed by atoms with van der Waals surface area (Å²) in [5.74, 6) is -0.190. The lowest BCUT2D eigenvalue weighted by Gasteiger charge is -2.21. The zero-order valence-corrected chi connectivity index (χ0v) is 9.88. The molecule has 0 saturated carbocycles. The van der Waals surface area contributed by atoms with Crippen LogP contribution in [0.15, 0.2) is 24.3 Å². The van der Waals surface area contributed by atoms with Crippen LogP contribution in [0.4, 0.5) is 0 Å². The predicted molar refractivity (Wildman–Crippen MR) is 60.9 cm³/mol. The number of carbonyl (C=O) groups excluding carboxylic acids is 1. The average Bonchev–Trinajstić information content (AvgIpc) is 2.15. The molecule has 1 aromatic rings. The first-order chi connectivity index (χ1) is 6.82. The summed E-state index contributed by atoms with van der Waals surface area (Å²) < 4.78 is 0. The van der Waals surface area contributed by atoms with Crippen molar-refractivity contribution in [2.24, 2.45) is 5.41 Å². The number of halogens is 1. The lowest BCUT2D eigenvalue weighted by atomic mass is 9.85. The van der Waals surface area contributed by atoms with Gasteiger partial charge < -0.3 is 5.11 Å². The van der Waals surface area contributed by atoms with E-state index < -0.39 is 11.5 Å². The van der Waals surface area contributed by atoms with Crippen LogP contribution in [-0.2, 0) is 4.79 Å². The number of hydrogen-bond donors (Lipinski definition) is 1. The van der Waals surface area contributed by atoms with E-state index in [1.165, 1.54) is 0 Å². The molecular weight excluding hydrogens is 212 g/mol. The summed E-state index contributed by atoms with van der Waals surface area (Å²) in [5.41, 5.74) is 0.0401. The molecule has 0 aliphatic rings. The van der Waals surface area contributed by atoms with Gasteiger partial charge in [-0.05, 0) is 17.7 Å². The molecule has 0 aliphatic carbocycles. The molecule has 0 radical (unpaired) electrons. The quantitative estimate of drug-likeness (QED) is 0.842. The fourth-order valence-electron chi connectivity index (χ4n) is 1.21. The first-order valence-corrected chi connectivity index (χ1v) is 5.18. The molecule has 2 nitrogen and oxygen atoms in total. The average molecular weight is 227 g/mol. The second kappa shape index (κ2) is 4.33. The van der Waals surface area contributed by atoms with Gasteiger partial charge in [-0.15, -0.1) is 0 Å². The van der Waals surface area contributed by atoms with E-state index in [0.29, 0.717) is 10.6 Å².